The summed E-state index contributed by atoms with van der Waals surface area (Å²) in [6, 6.07) is 13.3. The fraction of sp³-hybridized carbons (Fsp3) is 0.316. The lowest BCUT2D eigenvalue weighted by Crippen LogP contribution is -2.24. The summed E-state index contributed by atoms with van der Waals surface area (Å²) in [4.78, 5) is 22.3. The number of fused-ring (bicyclic) bond motifs is 4. The molecule has 0 saturated heterocycles. The van der Waals surface area contributed by atoms with Gasteiger partial charge in [0.2, 0.25) is 0 Å². The van der Waals surface area contributed by atoms with E-state index in [9.17, 15) is 0 Å². The van der Waals surface area contributed by atoms with Crippen molar-refractivity contribution in [2.24, 2.45) is 0 Å². The zero-order chi connectivity index (χ0) is 30.8. The number of aromatic nitrogens is 4. The summed E-state index contributed by atoms with van der Waals surface area (Å²) in [6.45, 7) is 19.6. The van der Waals surface area contributed by atoms with Gasteiger partial charge in [0.1, 0.15) is 11.6 Å². The minimum absolute atomic E-state index is 0.193. The van der Waals surface area contributed by atoms with Crippen LogP contribution in [0.3, 0.4) is 0 Å². The van der Waals surface area contributed by atoms with Gasteiger partial charge in [-0.2, -0.15) is 0 Å². The average molecular weight is 583 g/mol. The Hall–Kier alpha value is -4.01. The third-order valence-corrected chi connectivity index (χ3v) is 9.20. The Balaban J connectivity index is 1.60. The van der Waals surface area contributed by atoms with Crippen molar-refractivity contribution in [1.82, 2.24) is 19.9 Å². The van der Waals surface area contributed by atoms with E-state index in [1.165, 1.54) is 53.6 Å². The van der Waals surface area contributed by atoms with E-state index in [0.717, 1.165) is 28.7 Å². The Labute approximate surface area is 259 Å². The summed E-state index contributed by atoms with van der Waals surface area (Å²) in [7, 11) is 0. The molecule has 43 heavy (non-hydrogen) atoms. The van der Waals surface area contributed by atoms with Crippen LogP contribution in [0.15, 0.2) is 58.5 Å². The zero-order valence-electron chi connectivity index (χ0n) is 26.5. The fourth-order valence-electron chi connectivity index (χ4n) is 5.83. The molecule has 0 aliphatic carbocycles. The number of hydrogen-bond donors (Lipinski definition) is 0. The number of hydrogen-bond acceptors (Lipinski definition) is 5. The van der Waals surface area contributed by atoms with Crippen LogP contribution in [-0.2, 0) is 10.8 Å². The fourth-order valence-corrected chi connectivity index (χ4v) is 7.26. The van der Waals surface area contributed by atoms with E-state index in [-0.39, 0.29) is 10.8 Å². The molecule has 0 fully saturated rings. The minimum atomic E-state index is -0.193. The van der Waals surface area contributed by atoms with E-state index >= 15 is 0 Å². The molecule has 216 valence electrons. The highest BCUT2D eigenvalue weighted by atomic mass is 32.2. The van der Waals surface area contributed by atoms with Crippen molar-refractivity contribution in [2.75, 3.05) is 0 Å². The summed E-state index contributed by atoms with van der Waals surface area (Å²) in [5.41, 5.74) is 6.58. The van der Waals surface area contributed by atoms with Crippen molar-refractivity contribution in [3.05, 3.63) is 77.0 Å². The Bertz CT molecular complexity index is 1980. The molecule has 0 spiro atoms. The maximum Gasteiger partial charge on any atom is 0.163 e. The molecule has 0 amide bonds. The molecule has 0 unspecified atom stereocenters. The molecular formula is C38H38N4S. The minimum Gasteiger partial charge on any atom is -0.256 e. The van der Waals surface area contributed by atoms with Gasteiger partial charge in [0, 0.05) is 43.3 Å². The maximum atomic E-state index is 5.59. The van der Waals surface area contributed by atoms with Gasteiger partial charge in [-0.1, -0.05) is 85.2 Å². The molecular weight excluding hydrogens is 545 g/mol. The summed E-state index contributed by atoms with van der Waals surface area (Å²) in [6.07, 6.45) is 11.4. The van der Waals surface area contributed by atoms with Crippen molar-refractivity contribution in [2.45, 2.75) is 88.9 Å². The third-order valence-electron chi connectivity index (χ3n) is 8.02. The third kappa shape index (κ3) is 5.02. The molecule has 1 aliphatic rings. The Morgan fingerprint density at radius 1 is 0.884 bits per heavy atom. The molecule has 0 radical (unpaired) electrons. The highest BCUT2D eigenvalue weighted by Gasteiger charge is 2.28. The molecule has 3 aromatic carbocycles. The van der Waals surface area contributed by atoms with Gasteiger partial charge in [-0.05, 0) is 82.1 Å². The van der Waals surface area contributed by atoms with Crippen LogP contribution in [-0.4, -0.2) is 19.9 Å². The molecule has 0 saturated carbocycles. The summed E-state index contributed by atoms with van der Waals surface area (Å²) in [5, 5.41) is 4.75. The number of aryl methyl sites for hydroxylation is 1. The van der Waals surface area contributed by atoms with Gasteiger partial charge < -0.3 is 0 Å². The summed E-state index contributed by atoms with van der Waals surface area (Å²) >= 11 is 1.85. The summed E-state index contributed by atoms with van der Waals surface area (Å²) in [5.74, 6) is 5.34. The van der Waals surface area contributed by atoms with E-state index in [2.05, 4.69) is 111 Å². The molecule has 3 heterocycles. The van der Waals surface area contributed by atoms with Gasteiger partial charge in [0.25, 0.3) is 0 Å². The van der Waals surface area contributed by atoms with Gasteiger partial charge in [-0.15, -0.1) is 6.42 Å². The van der Waals surface area contributed by atoms with Gasteiger partial charge in [-0.3, -0.25) is 4.98 Å². The molecule has 4 nitrogen and oxygen atoms in total. The van der Waals surface area contributed by atoms with Crippen molar-refractivity contribution in [3.63, 3.8) is 0 Å². The number of benzene rings is 3. The molecule has 0 atom stereocenters. The standard InChI is InChI=1S/C38H38N4S/c1-11-12-13-25-22(4)18-28-32-31-26(16-17-39-32)27-19-24(15-14-23(27)20-29(31)43-33(28)30(25)21(2)3)34-40-35(37(5,6)7)42-36(41-34)38(8,9)10/h1,12-21H,2-10H3/b13-12-. The largest absolute Gasteiger partial charge is 0.256 e. The van der Waals surface area contributed by atoms with Gasteiger partial charge >= 0.3 is 0 Å². The van der Waals surface area contributed by atoms with Crippen molar-refractivity contribution in [1.29, 1.82) is 0 Å². The van der Waals surface area contributed by atoms with Crippen LogP contribution in [0.2, 0.25) is 0 Å². The van der Waals surface area contributed by atoms with Crippen molar-refractivity contribution < 1.29 is 0 Å². The normalized spacial score (nSPS) is 13.2. The van der Waals surface area contributed by atoms with E-state index < -0.39 is 0 Å². The first-order valence-electron chi connectivity index (χ1n) is 14.9. The highest BCUT2D eigenvalue weighted by molar-refractivity contribution is 8.00. The van der Waals surface area contributed by atoms with E-state index in [0.29, 0.717) is 5.92 Å². The molecule has 2 aromatic heterocycles. The Morgan fingerprint density at radius 2 is 1.58 bits per heavy atom. The first kappa shape index (κ1) is 29.1. The summed E-state index contributed by atoms with van der Waals surface area (Å²) < 4.78 is 0. The predicted octanol–water partition coefficient (Wildman–Crippen LogP) is 10.0. The highest BCUT2D eigenvalue weighted by Crippen LogP contribution is 2.52. The topological polar surface area (TPSA) is 51.6 Å². The second-order valence-corrected chi connectivity index (χ2v) is 14.9. The molecule has 1 aliphatic heterocycles. The lowest BCUT2D eigenvalue weighted by atomic mass is 9.88. The van der Waals surface area contributed by atoms with Crippen molar-refractivity contribution in [3.8, 4) is 35.0 Å². The first-order valence-corrected chi connectivity index (χ1v) is 15.7. The van der Waals surface area contributed by atoms with Crippen LogP contribution in [0.1, 0.15) is 89.6 Å². The average Bonchev–Trinajstić information content (AvgIpc) is 2.95. The quantitative estimate of drug-likeness (QED) is 0.153. The SMILES string of the molecule is C#C/C=C\c1c(C)cc2c(c1C(C)C)Sc1cc3ccc(-c4nc(C(C)(C)C)nc(C(C)(C)C)n4)cc3c3ccnc-2c13. The number of allylic oxidation sites excluding steroid dienone is 1. The van der Waals surface area contributed by atoms with E-state index in [4.69, 9.17) is 26.4 Å². The second-order valence-electron chi connectivity index (χ2n) is 13.9. The lowest BCUT2D eigenvalue weighted by molar-refractivity contribution is 0.497. The van der Waals surface area contributed by atoms with Crippen LogP contribution >= 0.6 is 11.8 Å². The van der Waals surface area contributed by atoms with E-state index in [1.807, 2.05) is 18.0 Å². The van der Waals surface area contributed by atoms with E-state index in [1.54, 1.807) is 6.08 Å². The number of terminal acetylenes is 1. The first-order chi connectivity index (χ1) is 20.3. The van der Waals surface area contributed by atoms with Crippen LogP contribution in [0.5, 0.6) is 0 Å². The van der Waals surface area contributed by atoms with Crippen LogP contribution in [0.25, 0.3) is 50.3 Å². The molecule has 0 N–H and O–H groups in total. The monoisotopic (exact) mass is 582 g/mol. The molecule has 5 aromatic rings. The van der Waals surface area contributed by atoms with Crippen molar-refractivity contribution >= 4 is 39.4 Å². The van der Waals surface area contributed by atoms with Gasteiger partial charge in [-0.25, -0.2) is 15.0 Å². The van der Waals surface area contributed by atoms with Gasteiger partial charge in [0.05, 0.1) is 5.69 Å². The van der Waals surface area contributed by atoms with Crippen LogP contribution in [0, 0.1) is 19.3 Å². The Morgan fingerprint density at radius 3 is 2.21 bits per heavy atom. The van der Waals surface area contributed by atoms with Crippen LogP contribution in [0.4, 0.5) is 0 Å². The Kier molecular flexibility index (Phi) is 6.98. The predicted molar refractivity (Wildman–Crippen MR) is 182 cm³/mol. The molecule has 6 rings (SSSR count). The number of nitrogens with zero attached hydrogens (tertiary/aromatic N) is 4. The smallest absolute Gasteiger partial charge is 0.163 e. The lowest BCUT2D eigenvalue weighted by Gasteiger charge is -2.27. The zero-order valence-corrected chi connectivity index (χ0v) is 27.4. The van der Waals surface area contributed by atoms with Gasteiger partial charge in [0.15, 0.2) is 5.82 Å². The number of rotatable bonds is 3. The van der Waals surface area contributed by atoms with Crippen LogP contribution < -0.4 is 0 Å². The maximum absolute atomic E-state index is 5.59. The second kappa shape index (κ2) is 10.3. The molecule has 5 heteroatoms. The molecule has 0 bridgehead atoms. The number of pyridine rings is 1.